The van der Waals surface area contributed by atoms with Crippen molar-refractivity contribution < 1.29 is 19.4 Å². The summed E-state index contributed by atoms with van der Waals surface area (Å²) in [4.78, 5) is 22.2. The molecule has 0 bridgehead atoms. The summed E-state index contributed by atoms with van der Waals surface area (Å²) in [7, 11) is 0. The molecule has 0 aliphatic heterocycles. The molecule has 0 saturated carbocycles. The number of carbonyl (C=O) groups excluding carboxylic acids is 1. The van der Waals surface area contributed by atoms with Gasteiger partial charge in [-0.2, -0.15) is 0 Å². The Morgan fingerprint density at radius 2 is 1.73 bits per heavy atom. The lowest BCUT2D eigenvalue weighted by Crippen LogP contribution is -2.52. The molecule has 1 atom stereocenters. The van der Waals surface area contributed by atoms with E-state index in [0.29, 0.717) is 6.42 Å². The number of rotatable bonds is 3. The van der Waals surface area contributed by atoms with E-state index >= 15 is 0 Å². The molecule has 0 aromatic rings. The number of carboxylic acid groups (broad SMARTS) is 1. The Bertz CT molecular complexity index is 257. The first-order valence-electron chi connectivity index (χ1n) is 4.85. The number of nitrogens with one attached hydrogen (secondary N) is 1. The van der Waals surface area contributed by atoms with Gasteiger partial charge in [0.1, 0.15) is 11.1 Å². The summed E-state index contributed by atoms with van der Waals surface area (Å²) in [6, 6.07) is 0. The van der Waals surface area contributed by atoms with Crippen molar-refractivity contribution in [3.63, 3.8) is 0 Å². The van der Waals surface area contributed by atoms with Crippen LogP contribution in [-0.2, 0) is 9.53 Å². The topological polar surface area (TPSA) is 75.6 Å². The van der Waals surface area contributed by atoms with Gasteiger partial charge in [-0.05, 0) is 34.1 Å². The Balaban J connectivity index is 4.45. The maximum absolute atomic E-state index is 11.3. The number of amides is 1. The first kappa shape index (κ1) is 13.7. The van der Waals surface area contributed by atoms with Gasteiger partial charge in [0.15, 0.2) is 0 Å². The number of alkyl carbamates (subject to hydrolysis) is 1. The number of aliphatic carboxylic acids is 1. The second-order valence-corrected chi connectivity index (χ2v) is 4.62. The van der Waals surface area contributed by atoms with E-state index in [0.717, 1.165) is 0 Å². The summed E-state index contributed by atoms with van der Waals surface area (Å²) in [5, 5.41) is 11.2. The van der Waals surface area contributed by atoms with Gasteiger partial charge in [0.25, 0.3) is 0 Å². The highest BCUT2D eigenvalue weighted by molar-refractivity contribution is 5.83. The second-order valence-electron chi connectivity index (χ2n) is 4.62. The molecule has 15 heavy (non-hydrogen) atoms. The van der Waals surface area contributed by atoms with Crippen LogP contribution >= 0.6 is 0 Å². The third-order valence-corrected chi connectivity index (χ3v) is 1.96. The van der Waals surface area contributed by atoms with E-state index in [1.165, 1.54) is 6.92 Å². The zero-order chi connectivity index (χ0) is 12.3. The molecule has 0 unspecified atom stereocenters. The molecule has 0 rings (SSSR count). The third-order valence-electron chi connectivity index (χ3n) is 1.96. The predicted octanol–water partition coefficient (Wildman–Crippen LogP) is 1.76. The highest BCUT2D eigenvalue weighted by Crippen LogP contribution is 2.12. The van der Waals surface area contributed by atoms with Crippen molar-refractivity contribution in [2.24, 2.45) is 0 Å². The molecule has 0 aliphatic carbocycles. The van der Waals surface area contributed by atoms with E-state index in [9.17, 15) is 9.59 Å². The van der Waals surface area contributed by atoms with Crippen LogP contribution in [0.2, 0.25) is 0 Å². The molecule has 0 heterocycles. The fraction of sp³-hybridized carbons (Fsp3) is 0.800. The molecule has 88 valence electrons. The van der Waals surface area contributed by atoms with Crippen molar-refractivity contribution in [1.29, 1.82) is 0 Å². The highest BCUT2D eigenvalue weighted by Gasteiger charge is 2.34. The minimum Gasteiger partial charge on any atom is -0.480 e. The zero-order valence-corrected chi connectivity index (χ0v) is 9.88. The molecule has 0 aromatic carbocycles. The van der Waals surface area contributed by atoms with Gasteiger partial charge in [-0.1, -0.05) is 6.92 Å². The van der Waals surface area contributed by atoms with Gasteiger partial charge in [0.05, 0.1) is 0 Å². The molecule has 2 N–H and O–H groups in total. The average Bonchev–Trinajstić information content (AvgIpc) is 1.99. The van der Waals surface area contributed by atoms with Crippen molar-refractivity contribution in [1.82, 2.24) is 5.32 Å². The van der Waals surface area contributed by atoms with Crippen LogP contribution in [0.4, 0.5) is 4.79 Å². The largest absolute Gasteiger partial charge is 0.480 e. The molecule has 0 spiro atoms. The SMILES string of the molecule is CC[C@@](C)(NC(=O)OC(C)(C)C)C(=O)O. The van der Waals surface area contributed by atoms with Gasteiger partial charge < -0.3 is 15.2 Å². The van der Waals surface area contributed by atoms with Crippen molar-refractivity contribution in [3.05, 3.63) is 0 Å². The predicted molar refractivity (Wildman–Crippen MR) is 55.7 cm³/mol. The summed E-state index contributed by atoms with van der Waals surface area (Å²) >= 11 is 0. The van der Waals surface area contributed by atoms with Crippen LogP contribution in [0.1, 0.15) is 41.0 Å². The van der Waals surface area contributed by atoms with Gasteiger partial charge in [0, 0.05) is 0 Å². The van der Waals surface area contributed by atoms with Gasteiger partial charge >= 0.3 is 12.1 Å². The van der Waals surface area contributed by atoms with Crippen molar-refractivity contribution in [2.75, 3.05) is 0 Å². The monoisotopic (exact) mass is 217 g/mol. The third kappa shape index (κ3) is 4.67. The molecular formula is C10H19NO4. The fourth-order valence-corrected chi connectivity index (χ4v) is 0.822. The summed E-state index contributed by atoms with van der Waals surface area (Å²) in [5.41, 5.74) is -1.90. The Labute approximate surface area is 89.8 Å². The average molecular weight is 217 g/mol. The maximum Gasteiger partial charge on any atom is 0.408 e. The molecule has 0 fully saturated rings. The molecular weight excluding hydrogens is 198 g/mol. The fourth-order valence-electron chi connectivity index (χ4n) is 0.822. The number of ether oxygens (including phenoxy) is 1. The van der Waals surface area contributed by atoms with E-state index in [1.807, 2.05) is 0 Å². The number of hydrogen-bond acceptors (Lipinski definition) is 3. The van der Waals surface area contributed by atoms with E-state index in [1.54, 1.807) is 27.7 Å². The number of carboxylic acids is 1. The first-order chi connectivity index (χ1) is 6.60. The lowest BCUT2D eigenvalue weighted by Gasteiger charge is -2.27. The second kappa shape index (κ2) is 4.51. The van der Waals surface area contributed by atoms with Crippen molar-refractivity contribution >= 4 is 12.1 Å². The summed E-state index contributed by atoms with van der Waals surface area (Å²) < 4.78 is 4.97. The van der Waals surface area contributed by atoms with Crippen LogP contribution in [0.3, 0.4) is 0 Å². The molecule has 5 heteroatoms. The van der Waals surface area contributed by atoms with E-state index in [-0.39, 0.29) is 0 Å². The minimum absolute atomic E-state index is 0.293. The molecule has 1 amide bonds. The van der Waals surface area contributed by atoms with Crippen LogP contribution in [-0.4, -0.2) is 28.3 Å². The summed E-state index contributed by atoms with van der Waals surface area (Å²) in [6.45, 7) is 8.29. The van der Waals surface area contributed by atoms with Crippen LogP contribution in [0.5, 0.6) is 0 Å². The van der Waals surface area contributed by atoms with E-state index in [4.69, 9.17) is 9.84 Å². The van der Waals surface area contributed by atoms with E-state index < -0.39 is 23.2 Å². The zero-order valence-electron chi connectivity index (χ0n) is 9.88. The number of carbonyl (C=O) groups is 2. The van der Waals surface area contributed by atoms with Crippen molar-refractivity contribution in [2.45, 2.75) is 52.2 Å². The van der Waals surface area contributed by atoms with Gasteiger partial charge in [-0.25, -0.2) is 9.59 Å². The molecule has 0 aromatic heterocycles. The minimum atomic E-state index is -1.28. The Morgan fingerprint density at radius 1 is 1.27 bits per heavy atom. The highest BCUT2D eigenvalue weighted by atomic mass is 16.6. The Morgan fingerprint density at radius 3 is 2.00 bits per heavy atom. The van der Waals surface area contributed by atoms with Gasteiger partial charge in [0.2, 0.25) is 0 Å². The normalized spacial score (nSPS) is 15.3. The Kier molecular flexibility index (Phi) is 4.13. The summed E-state index contributed by atoms with van der Waals surface area (Å²) in [6.07, 6.45) is -0.420. The lowest BCUT2D eigenvalue weighted by molar-refractivity contribution is -0.144. The van der Waals surface area contributed by atoms with Crippen molar-refractivity contribution in [3.8, 4) is 0 Å². The van der Waals surface area contributed by atoms with Gasteiger partial charge in [-0.15, -0.1) is 0 Å². The summed E-state index contributed by atoms with van der Waals surface area (Å²) in [5.74, 6) is -1.07. The smallest absolute Gasteiger partial charge is 0.408 e. The van der Waals surface area contributed by atoms with Gasteiger partial charge in [-0.3, -0.25) is 0 Å². The number of hydrogen-bond donors (Lipinski definition) is 2. The molecule has 0 radical (unpaired) electrons. The standard InChI is InChI=1S/C10H19NO4/c1-6-10(5,7(12)13)11-8(14)15-9(2,3)4/h6H2,1-5H3,(H,11,14)(H,12,13)/t10-/m1/s1. The lowest BCUT2D eigenvalue weighted by atomic mass is 10.00. The first-order valence-corrected chi connectivity index (χ1v) is 4.85. The molecule has 0 aliphatic rings. The van der Waals surface area contributed by atoms with E-state index in [2.05, 4.69) is 5.32 Å². The molecule has 5 nitrogen and oxygen atoms in total. The van der Waals surface area contributed by atoms with Crippen LogP contribution < -0.4 is 5.32 Å². The Hall–Kier alpha value is -1.26. The maximum atomic E-state index is 11.3. The molecule has 0 saturated heterocycles. The van der Waals surface area contributed by atoms with Crippen LogP contribution in [0, 0.1) is 0 Å². The van der Waals surface area contributed by atoms with Crippen LogP contribution in [0.15, 0.2) is 0 Å². The van der Waals surface area contributed by atoms with Crippen LogP contribution in [0.25, 0.3) is 0 Å². The quantitative estimate of drug-likeness (QED) is 0.755.